The van der Waals surface area contributed by atoms with Crippen LogP contribution in [0.4, 0.5) is 5.69 Å². The highest BCUT2D eigenvalue weighted by Crippen LogP contribution is 2.41. The Morgan fingerprint density at radius 3 is 2.73 bits per heavy atom. The molecule has 7 nitrogen and oxygen atoms in total. The largest absolute Gasteiger partial charge is 0.390 e. The number of fused-ring (bicyclic) bond motifs is 1. The predicted molar refractivity (Wildman–Crippen MR) is 104 cm³/mol. The molecule has 0 spiro atoms. The van der Waals surface area contributed by atoms with Crippen LogP contribution in [0.5, 0.6) is 0 Å². The number of amidine groups is 1. The Balaban J connectivity index is 1.68. The zero-order valence-corrected chi connectivity index (χ0v) is 15.8. The maximum absolute atomic E-state index is 12.6. The third-order valence-electron chi connectivity index (χ3n) is 4.71. The summed E-state index contributed by atoms with van der Waals surface area (Å²) < 4.78 is 0. The molecule has 1 aromatic carbocycles. The van der Waals surface area contributed by atoms with Gasteiger partial charge in [-0.05, 0) is 32.6 Å². The van der Waals surface area contributed by atoms with E-state index in [1.807, 2.05) is 49.3 Å². The lowest BCUT2D eigenvalue weighted by Crippen LogP contribution is -2.54. The molecule has 142 valence electrons. The van der Waals surface area contributed by atoms with Gasteiger partial charge in [0.15, 0.2) is 5.17 Å². The molecule has 1 aromatic rings. The average molecular weight is 378 g/mol. The summed E-state index contributed by atoms with van der Waals surface area (Å²) in [4.78, 5) is 19.2. The first-order valence-corrected chi connectivity index (χ1v) is 9.69. The molecule has 1 aliphatic heterocycles. The molecule has 1 heterocycles. The summed E-state index contributed by atoms with van der Waals surface area (Å²) in [5, 5.41) is 27.2. The second-order valence-corrected chi connectivity index (χ2v) is 8.16. The number of thioether (sulfide) groups is 1. The summed E-state index contributed by atoms with van der Waals surface area (Å²) in [6, 6.07) is 9.16. The highest BCUT2D eigenvalue weighted by atomic mass is 32.2. The lowest BCUT2D eigenvalue weighted by atomic mass is 9.81. The Morgan fingerprint density at radius 2 is 2.04 bits per heavy atom. The third kappa shape index (κ3) is 4.37. The van der Waals surface area contributed by atoms with Gasteiger partial charge in [-0.2, -0.15) is 0 Å². The number of amides is 1. The van der Waals surface area contributed by atoms with Crippen molar-refractivity contribution in [3.63, 3.8) is 0 Å². The maximum Gasteiger partial charge on any atom is 0.224 e. The topological polar surface area (TPSA) is 97.2 Å². The van der Waals surface area contributed by atoms with Gasteiger partial charge in [0.05, 0.1) is 18.1 Å². The van der Waals surface area contributed by atoms with Crippen molar-refractivity contribution in [3.8, 4) is 0 Å². The number of carbonyl (C=O) groups is 1. The number of para-hydroxylation sites is 1. The van der Waals surface area contributed by atoms with E-state index in [9.17, 15) is 15.0 Å². The smallest absolute Gasteiger partial charge is 0.224 e. The average Bonchev–Trinajstić information content (AvgIpc) is 3.02. The third-order valence-corrected chi connectivity index (χ3v) is 6.02. The van der Waals surface area contributed by atoms with Crippen molar-refractivity contribution in [1.29, 1.82) is 0 Å². The van der Waals surface area contributed by atoms with Crippen LogP contribution in [0.15, 0.2) is 35.3 Å². The minimum absolute atomic E-state index is 0.0866. The van der Waals surface area contributed by atoms with Gasteiger partial charge in [-0.15, -0.1) is 0 Å². The highest BCUT2D eigenvalue weighted by Gasteiger charge is 2.50. The van der Waals surface area contributed by atoms with E-state index in [4.69, 9.17) is 0 Å². The van der Waals surface area contributed by atoms with Gasteiger partial charge in [0.25, 0.3) is 0 Å². The summed E-state index contributed by atoms with van der Waals surface area (Å²) >= 11 is 1.47. The second-order valence-electron chi connectivity index (χ2n) is 6.99. The summed E-state index contributed by atoms with van der Waals surface area (Å²) in [6.45, 7) is 1.31. The molecule has 5 atom stereocenters. The van der Waals surface area contributed by atoms with Gasteiger partial charge < -0.3 is 25.7 Å². The molecule has 2 aliphatic rings. The van der Waals surface area contributed by atoms with Crippen LogP contribution in [0, 0.1) is 5.92 Å². The standard InChI is InChI=1S/C18H26N4O3S/c1-22(2)9-8-19-17(25)12-10-13(23)15(24)14-16(12)26-18(21-14)20-11-6-4-3-5-7-11/h3-7,12-16,23-24H,8-10H2,1-2H3,(H,19,25)(H,20,21). The van der Waals surface area contributed by atoms with Crippen LogP contribution < -0.4 is 10.6 Å². The Morgan fingerprint density at radius 1 is 1.31 bits per heavy atom. The SMILES string of the molecule is CN(C)CCNC(=O)C1CC(O)C(O)C2N=C(Nc3ccccc3)SC12. The van der Waals surface area contributed by atoms with Crippen LogP contribution in [0.25, 0.3) is 0 Å². The first-order valence-electron chi connectivity index (χ1n) is 8.81. The first kappa shape index (κ1) is 19.2. The number of aliphatic hydroxyl groups excluding tert-OH is 2. The van der Waals surface area contributed by atoms with Crippen LogP contribution in [-0.2, 0) is 4.79 Å². The molecule has 1 fully saturated rings. The molecule has 8 heteroatoms. The van der Waals surface area contributed by atoms with E-state index in [0.29, 0.717) is 11.7 Å². The number of hydrogen-bond donors (Lipinski definition) is 4. The van der Waals surface area contributed by atoms with Crippen molar-refractivity contribution in [2.24, 2.45) is 10.9 Å². The van der Waals surface area contributed by atoms with Crippen LogP contribution in [0.2, 0.25) is 0 Å². The molecule has 3 rings (SSSR count). The van der Waals surface area contributed by atoms with Gasteiger partial charge in [-0.25, -0.2) is 0 Å². The minimum atomic E-state index is -0.951. The molecule has 5 unspecified atom stereocenters. The van der Waals surface area contributed by atoms with Crippen molar-refractivity contribution in [1.82, 2.24) is 10.2 Å². The van der Waals surface area contributed by atoms with E-state index in [1.54, 1.807) is 0 Å². The summed E-state index contributed by atoms with van der Waals surface area (Å²) in [7, 11) is 3.90. The van der Waals surface area contributed by atoms with E-state index in [2.05, 4.69) is 15.6 Å². The van der Waals surface area contributed by atoms with Gasteiger partial charge in [0.1, 0.15) is 6.10 Å². The number of hydrogen-bond acceptors (Lipinski definition) is 7. The minimum Gasteiger partial charge on any atom is -0.390 e. The van der Waals surface area contributed by atoms with E-state index in [0.717, 1.165) is 12.2 Å². The molecule has 0 saturated heterocycles. The number of nitrogens with zero attached hydrogens (tertiary/aromatic N) is 2. The van der Waals surface area contributed by atoms with Crippen LogP contribution in [-0.4, -0.2) is 76.9 Å². The van der Waals surface area contributed by atoms with Gasteiger partial charge in [-0.1, -0.05) is 30.0 Å². The van der Waals surface area contributed by atoms with Gasteiger partial charge in [0, 0.05) is 24.0 Å². The Hall–Kier alpha value is -1.61. The number of anilines is 1. The summed E-state index contributed by atoms with van der Waals surface area (Å²) in [5.41, 5.74) is 0.902. The van der Waals surface area contributed by atoms with Crippen molar-refractivity contribution in [2.75, 3.05) is 32.5 Å². The predicted octanol–water partition coefficient (Wildman–Crippen LogP) is 0.358. The number of rotatable bonds is 5. The zero-order chi connectivity index (χ0) is 18.7. The lowest BCUT2D eigenvalue weighted by molar-refractivity contribution is -0.129. The molecule has 0 bridgehead atoms. The molecule has 26 heavy (non-hydrogen) atoms. The van der Waals surface area contributed by atoms with Crippen molar-refractivity contribution >= 4 is 28.5 Å². The number of carbonyl (C=O) groups excluding carboxylic acids is 1. The van der Waals surface area contributed by atoms with E-state index < -0.39 is 18.2 Å². The number of nitrogens with one attached hydrogen (secondary N) is 2. The zero-order valence-electron chi connectivity index (χ0n) is 15.0. The maximum atomic E-state index is 12.6. The fourth-order valence-electron chi connectivity index (χ4n) is 3.29. The molecule has 1 saturated carbocycles. The van der Waals surface area contributed by atoms with Crippen LogP contribution in [0.3, 0.4) is 0 Å². The quantitative estimate of drug-likeness (QED) is 0.591. The molecule has 1 aliphatic carbocycles. The fourth-order valence-corrected chi connectivity index (χ4v) is 4.66. The normalized spacial score (nSPS) is 30.7. The van der Waals surface area contributed by atoms with Crippen LogP contribution >= 0.6 is 11.8 Å². The van der Waals surface area contributed by atoms with Crippen LogP contribution in [0.1, 0.15) is 6.42 Å². The fraction of sp³-hybridized carbons (Fsp3) is 0.556. The first-order chi connectivity index (χ1) is 12.5. The summed E-state index contributed by atoms with van der Waals surface area (Å²) in [6.07, 6.45) is -1.65. The molecule has 0 radical (unpaired) electrons. The van der Waals surface area contributed by atoms with Gasteiger partial charge in [0.2, 0.25) is 5.91 Å². The second kappa shape index (κ2) is 8.39. The Labute approximate surface area is 157 Å². The Kier molecular flexibility index (Phi) is 6.18. The van der Waals surface area contributed by atoms with E-state index in [-0.39, 0.29) is 23.5 Å². The van der Waals surface area contributed by atoms with Gasteiger partial charge >= 0.3 is 0 Å². The highest BCUT2D eigenvalue weighted by molar-refractivity contribution is 8.15. The van der Waals surface area contributed by atoms with E-state index >= 15 is 0 Å². The number of likely N-dealkylation sites (N-methyl/N-ethyl adjacent to an activating group) is 1. The molecule has 4 N–H and O–H groups in total. The van der Waals surface area contributed by atoms with Crippen molar-refractivity contribution < 1.29 is 15.0 Å². The monoisotopic (exact) mass is 378 g/mol. The Bertz CT molecular complexity index is 655. The van der Waals surface area contributed by atoms with Gasteiger partial charge in [-0.3, -0.25) is 9.79 Å². The molecule has 1 amide bonds. The number of aliphatic imine (C=N–C) groups is 1. The molecule has 0 aromatic heterocycles. The molecular weight excluding hydrogens is 352 g/mol. The van der Waals surface area contributed by atoms with Crippen molar-refractivity contribution in [3.05, 3.63) is 30.3 Å². The lowest BCUT2D eigenvalue weighted by Gasteiger charge is -2.37. The summed E-state index contributed by atoms with van der Waals surface area (Å²) in [5.74, 6) is -0.471. The van der Waals surface area contributed by atoms with E-state index in [1.165, 1.54) is 11.8 Å². The number of aliphatic hydroxyl groups is 2. The molecular formula is C18H26N4O3S. The number of benzene rings is 1. The van der Waals surface area contributed by atoms with Crippen molar-refractivity contribution in [2.45, 2.75) is 29.9 Å².